The van der Waals surface area contributed by atoms with Crippen LogP contribution >= 0.6 is 15.9 Å². The number of likely N-dealkylation sites (tertiary alicyclic amines) is 1. The molecular weight excluding hydrogens is 342 g/mol. The minimum Gasteiger partial charge on any atom is -0.338 e. The highest BCUT2D eigenvalue weighted by atomic mass is 79.9. The average Bonchev–Trinajstić information content (AvgIpc) is 2.40. The van der Waals surface area contributed by atoms with Gasteiger partial charge >= 0.3 is 6.18 Å². The van der Waals surface area contributed by atoms with Crippen molar-refractivity contribution in [1.29, 1.82) is 0 Å². The average molecular weight is 354 g/mol. The van der Waals surface area contributed by atoms with E-state index in [1.165, 1.54) is 18.2 Å². The molecule has 1 aromatic rings. The molecule has 1 aliphatic heterocycles. The summed E-state index contributed by atoms with van der Waals surface area (Å²) < 4.78 is 52.1. The van der Waals surface area contributed by atoms with E-state index in [9.17, 15) is 22.4 Å². The van der Waals surface area contributed by atoms with Gasteiger partial charge in [-0.1, -0.05) is 6.07 Å². The number of alkyl halides is 3. The number of hydrogen-bond acceptors (Lipinski definition) is 1. The van der Waals surface area contributed by atoms with E-state index in [4.69, 9.17) is 0 Å². The Kier molecular flexibility index (Phi) is 4.36. The molecule has 1 aromatic carbocycles. The van der Waals surface area contributed by atoms with Gasteiger partial charge < -0.3 is 4.90 Å². The number of nitrogens with zero attached hydrogens (tertiary/aromatic N) is 1. The molecule has 1 fully saturated rings. The molecular formula is C13H12BrF4NO. The summed E-state index contributed by atoms with van der Waals surface area (Å²) >= 11 is 2.96. The maximum absolute atomic E-state index is 13.8. The molecule has 1 aliphatic rings. The third kappa shape index (κ3) is 3.13. The summed E-state index contributed by atoms with van der Waals surface area (Å²) in [6, 6.07) is 4.19. The molecule has 20 heavy (non-hydrogen) atoms. The predicted octanol–water partition coefficient (Wildman–Crippen LogP) is 4.00. The van der Waals surface area contributed by atoms with Gasteiger partial charge in [0.2, 0.25) is 0 Å². The van der Waals surface area contributed by atoms with Gasteiger partial charge in [0.1, 0.15) is 5.82 Å². The number of piperidine rings is 1. The van der Waals surface area contributed by atoms with Crippen LogP contribution in [0.2, 0.25) is 0 Å². The van der Waals surface area contributed by atoms with Crippen molar-refractivity contribution in [3.8, 4) is 0 Å². The Bertz CT molecular complexity index is 518. The highest BCUT2D eigenvalue weighted by Gasteiger charge is 2.43. The van der Waals surface area contributed by atoms with Crippen LogP contribution in [0.25, 0.3) is 0 Å². The van der Waals surface area contributed by atoms with E-state index in [1.54, 1.807) is 0 Å². The number of carbonyl (C=O) groups is 1. The summed E-state index contributed by atoms with van der Waals surface area (Å²) in [4.78, 5) is 13.2. The molecule has 7 heteroatoms. The minimum absolute atomic E-state index is 0.00818. The lowest BCUT2D eigenvalue weighted by Crippen LogP contribution is -2.44. The van der Waals surface area contributed by atoms with Crippen LogP contribution in [0.15, 0.2) is 22.7 Å². The lowest BCUT2D eigenvalue weighted by Gasteiger charge is -2.33. The Morgan fingerprint density at radius 2 is 2.05 bits per heavy atom. The van der Waals surface area contributed by atoms with Crippen LogP contribution in [0.5, 0.6) is 0 Å². The van der Waals surface area contributed by atoms with E-state index in [-0.39, 0.29) is 29.4 Å². The van der Waals surface area contributed by atoms with E-state index >= 15 is 0 Å². The first kappa shape index (κ1) is 15.3. The third-order valence-electron chi connectivity index (χ3n) is 3.35. The Balaban J connectivity index is 2.19. The minimum atomic E-state index is -4.32. The molecule has 0 spiro atoms. The summed E-state index contributed by atoms with van der Waals surface area (Å²) in [5.74, 6) is -2.97. The van der Waals surface area contributed by atoms with Crippen molar-refractivity contribution in [2.75, 3.05) is 13.1 Å². The van der Waals surface area contributed by atoms with Crippen LogP contribution in [0.4, 0.5) is 17.6 Å². The van der Waals surface area contributed by atoms with E-state index < -0.39 is 30.4 Å². The molecule has 1 saturated heterocycles. The maximum atomic E-state index is 13.8. The molecule has 0 N–H and O–H groups in total. The molecule has 1 unspecified atom stereocenters. The Morgan fingerprint density at radius 1 is 1.35 bits per heavy atom. The van der Waals surface area contributed by atoms with Crippen LogP contribution < -0.4 is 0 Å². The number of amides is 1. The van der Waals surface area contributed by atoms with Crippen molar-refractivity contribution in [3.05, 3.63) is 34.1 Å². The fraction of sp³-hybridized carbons (Fsp3) is 0.462. The second-order valence-corrected chi connectivity index (χ2v) is 5.59. The van der Waals surface area contributed by atoms with Gasteiger partial charge in [0, 0.05) is 13.1 Å². The van der Waals surface area contributed by atoms with Crippen molar-refractivity contribution in [3.63, 3.8) is 0 Å². The van der Waals surface area contributed by atoms with Gasteiger partial charge in [-0.2, -0.15) is 13.2 Å². The summed E-state index contributed by atoms with van der Waals surface area (Å²) in [5.41, 5.74) is -0.206. The summed E-state index contributed by atoms with van der Waals surface area (Å²) in [6.45, 7) is -0.189. The topological polar surface area (TPSA) is 20.3 Å². The van der Waals surface area contributed by atoms with E-state index in [1.807, 2.05) is 0 Å². The van der Waals surface area contributed by atoms with Gasteiger partial charge in [0.25, 0.3) is 5.91 Å². The van der Waals surface area contributed by atoms with Crippen LogP contribution in [-0.4, -0.2) is 30.1 Å². The standard InChI is InChI=1S/C13H12BrF4NO/c14-10-5-1-4-9(11(10)15)12(20)19-6-2-3-8(7-19)13(16,17)18/h1,4-5,8H,2-3,6-7H2. The molecule has 2 rings (SSSR count). The van der Waals surface area contributed by atoms with E-state index in [0.717, 1.165) is 4.90 Å². The monoisotopic (exact) mass is 353 g/mol. The molecule has 1 atom stereocenters. The predicted molar refractivity (Wildman–Crippen MR) is 68.8 cm³/mol. The van der Waals surface area contributed by atoms with Gasteiger partial charge in [0.15, 0.2) is 0 Å². The smallest absolute Gasteiger partial charge is 0.338 e. The number of hydrogen-bond donors (Lipinski definition) is 0. The van der Waals surface area contributed by atoms with Crippen molar-refractivity contribution < 1.29 is 22.4 Å². The van der Waals surface area contributed by atoms with Crippen molar-refractivity contribution in [2.24, 2.45) is 5.92 Å². The zero-order valence-electron chi connectivity index (χ0n) is 10.4. The first-order valence-corrected chi connectivity index (χ1v) is 6.90. The summed E-state index contributed by atoms with van der Waals surface area (Å²) in [6.07, 6.45) is -4.05. The van der Waals surface area contributed by atoms with Crippen LogP contribution in [0.3, 0.4) is 0 Å². The lowest BCUT2D eigenvalue weighted by atomic mass is 9.97. The van der Waals surface area contributed by atoms with Crippen molar-refractivity contribution in [1.82, 2.24) is 4.90 Å². The molecule has 1 amide bonds. The fourth-order valence-electron chi connectivity index (χ4n) is 2.27. The second-order valence-electron chi connectivity index (χ2n) is 4.73. The molecule has 0 bridgehead atoms. The van der Waals surface area contributed by atoms with Gasteiger partial charge in [-0.25, -0.2) is 4.39 Å². The third-order valence-corrected chi connectivity index (χ3v) is 3.97. The van der Waals surface area contributed by atoms with Crippen molar-refractivity contribution in [2.45, 2.75) is 19.0 Å². The molecule has 2 nitrogen and oxygen atoms in total. The maximum Gasteiger partial charge on any atom is 0.393 e. The lowest BCUT2D eigenvalue weighted by molar-refractivity contribution is -0.184. The summed E-state index contributed by atoms with van der Waals surface area (Å²) in [7, 11) is 0. The Morgan fingerprint density at radius 3 is 2.70 bits per heavy atom. The zero-order valence-corrected chi connectivity index (χ0v) is 12.0. The largest absolute Gasteiger partial charge is 0.393 e. The second kappa shape index (κ2) is 5.71. The quantitative estimate of drug-likeness (QED) is 0.698. The number of carbonyl (C=O) groups excluding carboxylic acids is 1. The Hall–Kier alpha value is -1.11. The molecule has 1 heterocycles. The van der Waals surface area contributed by atoms with Gasteiger partial charge in [-0.3, -0.25) is 4.79 Å². The molecule has 0 aliphatic carbocycles. The first-order chi connectivity index (χ1) is 9.30. The first-order valence-electron chi connectivity index (χ1n) is 6.10. The van der Waals surface area contributed by atoms with Crippen LogP contribution in [-0.2, 0) is 0 Å². The Labute approximate surface area is 121 Å². The normalized spacial score (nSPS) is 20.1. The highest BCUT2D eigenvalue weighted by molar-refractivity contribution is 9.10. The molecule has 0 aromatic heterocycles. The fourth-order valence-corrected chi connectivity index (χ4v) is 2.63. The summed E-state index contributed by atoms with van der Waals surface area (Å²) in [5, 5.41) is 0. The molecule has 0 saturated carbocycles. The van der Waals surface area contributed by atoms with Gasteiger partial charge in [-0.05, 0) is 40.9 Å². The van der Waals surface area contributed by atoms with Crippen LogP contribution in [0, 0.1) is 11.7 Å². The SMILES string of the molecule is O=C(c1cccc(Br)c1F)N1CCCC(C(F)(F)F)C1. The highest BCUT2D eigenvalue weighted by Crippen LogP contribution is 2.33. The molecule has 0 radical (unpaired) electrons. The van der Waals surface area contributed by atoms with E-state index in [2.05, 4.69) is 15.9 Å². The number of rotatable bonds is 1. The van der Waals surface area contributed by atoms with Gasteiger partial charge in [0.05, 0.1) is 16.0 Å². The molecule has 110 valence electrons. The number of benzene rings is 1. The number of halogens is 5. The van der Waals surface area contributed by atoms with Crippen LogP contribution in [0.1, 0.15) is 23.2 Å². The van der Waals surface area contributed by atoms with Crippen molar-refractivity contribution >= 4 is 21.8 Å². The van der Waals surface area contributed by atoms with E-state index in [0.29, 0.717) is 0 Å². The van der Waals surface area contributed by atoms with Gasteiger partial charge in [-0.15, -0.1) is 0 Å². The zero-order chi connectivity index (χ0) is 14.9.